The number of rotatable bonds is 7. The van der Waals surface area contributed by atoms with E-state index in [0.717, 1.165) is 44.6 Å². The molecule has 1 aromatic rings. The fourth-order valence-electron chi connectivity index (χ4n) is 2.65. The van der Waals surface area contributed by atoms with Crippen LogP contribution in [0.4, 0.5) is 0 Å². The lowest BCUT2D eigenvalue weighted by Gasteiger charge is -2.31. The van der Waals surface area contributed by atoms with Gasteiger partial charge in [-0.05, 0) is 37.1 Å². The van der Waals surface area contributed by atoms with Gasteiger partial charge in [-0.2, -0.15) is 0 Å². The van der Waals surface area contributed by atoms with E-state index in [2.05, 4.69) is 35.3 Å². The van der Waals surface area contributed by atoms with Crippen molar-refractivity contribution in [3.8, 4) is 5.75 Å². The van der Waals surface area contributed by atoms with Crippen molar-refractivity contribution in [2.24, 2.45) is 0 Å². The molecule has 0 radical (unpaired) electrons. The van der Waals surface area contributed by atoms with Gasteiger partial charge in [-0.25, -0.2) is 0 Å². The molecule has 1 aliphatic carbocycles. The Morgan fingerprint density at radius 1 is 1.38 bits per heavy atom. The molecule has 1 saturated carbocycles. The van der Waals surface area contributed by atoms with Crippen LogP contribution >= 0.6 is 0 Å². The molecule has 0 amide bonds. The zero-order valence-corrected chi connectivity index (χ0v) is 12.9. The number of likely N-dealkylation sites (N-methyl/N-ethyl adjacent to an activating group) is 1. The average molecular weight is 290 g/mol. The molecule has 1 N–H and O–H groups in total. The molecule has 0 bridgehead atoms. The van der Waals surface area contributed by atoms with E-state index < -0.39 is 0 Å². The molecule has 2 aliphatic rings. The first-order valence-electron chi connectivity index (χ1n) is 8.12. The molecule has 116 valence electrons. The molecule has 4 nitrogen and oxygen atoms in total. The van der Waals surface area contributed by atoms with Crippen LogP contribution in [0.5, 0.6) is 5.75 Å². The van der Waals surface area contributed by atoms with Gasteiger partial charge in [0, 0.05) is 25.7 Å². The van der Waals surface area contributed by atoms with Crippen molar-refractivity contribution in [3.63, 3.8) is 0 Å². The summed E-state index contributed by atoms with van der Waals surface area (Å²) < 4.78 is 11.7. The minimum absolute atomic E-state index is 0.187. The summed E-state index contributed by atoms with van der Waals surface area (Å²) in [5, 5.41) is 3.53. The van der Waals surface area contributed by atoms with Crippen LogP contribution in [0, 0.1) is 0 Å². The standard InChI is InChI=1S/C17H26N2O2/c1-2-19-8-9-20-17(12-19)13-21-16-5-3-4-14(10-16)11-18-15-6-7-15/h3-5,10,15,17-18H,2,6-9,11-13H2,1H3. The number of hydrogen-bond acceptors (Lipinski definition) is 4. The number of morpholine rings is 1. The molecule has 1 aromatic carbocycles. The van der Waals surface area contributed by atoms with Crippen LogP contribution < -0.4 is 10.1 Å². The van der Waals surface area contributed by atoms with Crippen LogP contribution in [-0.4, -0.2) is 49.9 Å². The summed E-state index contributed by atoms with van der Waals surface area (Å²) in [6.07, 6.45) is 2.83. The van der Waals surface area contributed by atoms with Crippen LogP contribution in [0.3, 0.4) is 0 Å². The Balaban J connectivity index is 1.46. The van der Waals surface area contributed by atoms with E-state index >= 15 is 0 Å². The summed E-state index contributed by atoms with van der Waals surface area (Å²) in [6, 6.07) is 9.12. The molecule has 1 unspecified atom stereocenters. The lowest BCUT2D eigenvalue weighted by molar-refractivity contribution is -0.0464. The largest absolute Gasteiger partial charge is 0.491 e. The van der Waals surface area contributed by atoms with Crippen molar-refractivity contribution >= 4 is 0 Å². The normalized spacial score (nSPS) is 23.2. The van der Waals surface area contributed by atoms with Gasteiger partial charge in [-0.15, -0.1) is 0 Å². The SMILES string of the molecule is CCN1CCOC(COc2cccc(CNC3CC3)c2)C1. The van der Waals surface area contributed by atoms with Crippen LogP contribution in [0.2, 0.25) is 0 Å². The van der Waals surface area contributed by atoms with Gasteiger partial charge in [0.2, 0.25) is 0 Å². The lowest BCUT2D eigenvalue weighted by atomic mass is 10.2. The van der Waals surface area contributed by atoms with E-state index in [0.29, 0.717) is 6.61 Å². The third-order valence-electron chi connectivity index (χ3n) is 4.18. The van der Waals surface area contributed by atoms with Crippen LogP contribution in [-0.2, 0) is 11.3 Å². The second-order valence-electron chi connectivity index (χ2n) is 6.00. The van der Waals surface area contributed by atoms with Crippen LogP contribution in [0.25, 0.3) is 0 Å². The second kappa shape index (κ2) is 7.25. The molecule has 1 atom stereocenters. The Morgan fingerprint density at radius 2 is 2.29 bits per heavy atom. The Morgan fingerprint density at radius 3 is 3.10 bits per heavy atom. The summed E-state index contributed by atoms with van der Waals surface area (Å²) in [5.74, 6) is 0.947. The molecule has 0 aromatic heterocycles. The van der Waals surface area contributed by atoms with Gasteiger partial charge >= 0.3 is 0 Å². The van der Waals surface area contributed by atoms with Gasteiger partial charge in [0.15, 0.2) is 0 Å². The summed E-state index contributed by atoms with van der Waals surface area (Å²) in [7, 11) is 0. The fourth-order valence-corrected chi connectivity index (χ4v) is 2.65. The zero-order chi connectivity index (χ0) is 14.5. The molecule has 3 rings (SSSR count). The number of ether oxygens (including phenoxy) is 2. The molecule has 1 aliphatic heterocycles. The smallest absolute Gasteiger partial charge is 0.119 e. The third kappa shape index (κ3) is 4.70. The maximum Gasteiger partial charge on any atom is 0.119 e. The van der Waals surface area contributed by atoms with Crippen LogP contribution in [0.15, 0.2) is 24.3 Å². The van der Waals surface area contributed by atoms with Crippen LogP contribution in [0.1, 0.15) is 25.3 Å². The number of benzene rings is 1. The van der Waals surface area contributed by atoms with Gasteiger partial charge in [0.25, 0.3) is 0 Å². The molecule has 4 heteroatoms. The molecular formula is C17H26N2O2. The van der Waals surface area contributed by atoms with Gasteiger partial charge in [-0.3, -0.25) is 4.90 Å². The van der Waals surface area contributed by atoms with Crippen molar-refractivity contribution < 1.29 is 9.47 Å². The molecule has 1 heterocycles. The Labute approximate surface area is 127 Å². The number of nitrogens with zero attached hydrogens (tertiary/aromatic N) is 1. The van der Waals surface area contributed by atoms with Gasteiger partial charge < -0.3 is 14.8 Å². The second-order valence-corrected chi connectivity index (χ2v) is 6.00. The minimum atomic E-state index is 0.187. The van der Waals surface area contributed by atoms with Crippen molar-refractivity contribution in [3.05, 3.63) is 29.8 Å². The summed E-state index contributed by atoms with van der Waals surface area (Å²) in [5.41, 5.74) is 1.29. The van der Waals surface area contributed by atoms with Gasteiger partial charge in [0.1, 0.15) is 18.5 Å². The first kappa shape index (κ1) is 14.8. The zero-order valence-electron chi connectivity index (χ0n) is 12.9. The number of hydrogen-bond donors (Lipinski definition) is 1. The highest BCUT2D eigenvalue weighted by molar-refractivity contribution is 5.28. The monoisotopic (exact) mass is 290 g/mol. The first-order valence-corrected chi connectivity index (χ1v) is 8.12. The van der Waals surface area contributed by atoms with Gasteiger partial charge in [0.05, 0.1) is 6.61 Å². The summed E-state index contributed by atoms with van der Waals surface area (Å²) in [6.45, 7) is 7.67. The fraction of sp³-hybridized carbons (Fsp3) is 0.647. The minimum Gasteiger partial charge on any atom is -0.491 e. The number of nitrogens with one attached hydrogen (secondary N) is 1. The van der Waals surface area contributed by atoms with Gasteiger partial charge in [-0.1, -0.05) is 19.1 Å². The van der Waals surface area contributed by atoms with E-state index in [1.165, 1.54) is 18.4 Å². The predicted octanol–water partition coefficient (Wildman–Crippen LogP) is 2.04. The molecule has 21 heavy (non-hydrogen) atoms. The van der Waals surface area contributed by atoms with E-state index in [4.69, 9.17) is 9.47 Å². The Hall–Kier alpha value is -1.10. The summed E-state index contributed by atoms with van der Waals surface area (Å²) >= 11 is 0. The van der Waals surface area contributed by atoms with Crippen molar-refractivity contribution in [1.82, 2.24) is 10.2 Å². The van der Waals surface area contributed by atoms with Crippen molar-refractivity contribution in [1.29, 1.82) is 0 Å². The van der Waals surface area contributed by atoms with E-state index in [9.17, 15) is 0 Å². The molecular weight excluding hydrogens is 264 g/mol. The lowest BCUT2D eigenvalue weighted by Crippen LogP contribution is -2.44. The highest BCUT2D eigenvalue weighted by atomic mass is 16.5. The highest BCUT2D eigenvalue weighted by Crippen LogP contribution is 2.20. The predicted molar refractivity (Wildman–Crippen MR) is 83.7 cm³/mol. The first-order chi connectivity index (χ1) is 10.3. The van der Waals surface area contributed by atoms with Crippen molar-refractivity contribution in [2.45, 2.75) is 38.5 Å². The topological polar surface area (TPSA) is 33.7 Å². The van der Waals surface area contributed by atoms with E-state index in [1.807, 2.05) is 6.07 Å². The van der Waals surface area contributed by atoms with Crippen molar-refractivity contribution in [2.75, 3.05) is 32.8 Å². The highest BCUT2D eigenvalue weighted by Gasteiger charge is 2.21. The maximum atomic E-state index is 5.92. The molecule has 0 spiro atoms. The van der Waals surface area contributed by atoms with E-state index in [-0.39, 0.29) is 6.10 Å². The maximum absolute atomic E-state index is 5.92. The third-order valence-corrected chi connectivity index (χ3v) is 4.18. The molecule has 1 saturated heterocycles. The Bertz CT molecular complexity index is 448. The van der Waals surface area contributed by atoms with E-state index in [1.54, 1.807) is 0 Å². The average Bonchev–Trinajstić information content (AvgIpc) is 3.36. The summed E-state index contributed by atoms with van der Waals surface area (Å²) in [4.78, 5) is 2.41. The quantitative estimate of drug-likeness (QED) is 0.833. The molecule has 2 fully saturated rings. The Kier molecular flexibility index (Phi) is 5.12.